The predicted molar refractivity (Wildman–Crippen MR) is 348 cm³/mol. The highest BCUT2D eigenvalue weighted by molar-refractivity contribution is 5.71. The van der Waals surface area contributed by atoms with Gasteiger partial charge >= 0.3 is 17.9 Å². The van der Waals surface area contributed by atoms with Crippen LogP contribution in [0.1, 0.15) is 323 Å². The van der Waals surface area contributed by atoms with Gasteiger partial charge in [-0.1, -0.05) is 323 Å². The molecule has 0 fully saturated rings. The van der Waals surface area contributed by atoms with E-state index in [-0.39, 0.29) is 31.1 Å². The first-order chi connectivity index (χ1) is 39.5. The molecule has 0 aliphatic heterocycles. The Morgan fingerprint density at radius 1 is 0.263 bits per heavy atom. The van der Waals surface area contributed by atoms with Crippen LogP contribution < -0.4 is 0 Å². The Morgan fingerprint density at radius 2 is 0.487 bits per heavy atom. The fourth-order valence-electron chi connectivity index (χ4n) is 9.50. The zero-order valence-electron chi connectivity index (χ0n) is 52.6. The van der Waals surface area contributed by atoms with Crippen LogP contribution in [0.5, 0.6) is 0 Å². The van der Waals surface area contributed by atoms with Crippen molar-refractivity contribution in [3.05, 3.63) is 109 Å². The second-order valence-electron chi connectivity index (χ2n) is 22.4. The van der Waals surface area contributed by atoms with Crippen molar-refractivity contribution in [1.82, 2.24) is 0 Å². The lowest BCUT2D eigenvalue weighted by atomic mass is 10.0. The molecule has 0 aliphatic rings. The highest BCUT2D eigenvalue weighted by atomic mass is 16.6. The number of hydrogen-bond donors (Lipinski definition) is 0. The van der Waals surface area contributed by atoms with E-state index in [2.05, 4.69) is 130 Å². The lowest BCUT2D eigenvalue weighted by Crippen LogP contribution is -2.30. The first-order valence-corrected chi connectivity index (χ1v) is 33.9. The third-order valence-corrected chi connectivity index (χ3v) is 14.5. The lowest BCUT2D eigenvalue weighted by Gasteiger charge is -2.18. The number of allylic oxidation sites excluding steroid dienone is 18. The predicted octanol–water partition coefficient (Wildman–Crippen LogP) is 23.4. The molecule has 1 atom stereocenters. The molecule has 0 aromatic carbocycles. The first-order valence-electron chi connectivity index (χ1n) is 33.9. The molecule has 0 saturated heterocycles. The van der Waals surface area contributed by atoms with E-state index in [0.717, 1.165) is 135 Å². The maximum atomic E-state index is 12.9. The molecule has 0 amide bonds. The normalized spacial score (nSPS) is 12.8. The van der Waals surface area contributed by atoms with Gasteiger partial charge in [0.1, 0.15) is 13.2 Å². The Bertz CT molecular complexity index is 1610. The quantitative estimate of drug-likeness (QED) is 0.0261. The Morgan fingerprint density at radius 3 is 0.762 bits per heavy atom. The second kappa shape index (κ2) is 67.6. The Hall–Kier alpha value is -3.93. The highest BCUT2D eigenvalue weighted by Gasteiger charge is 2.19. The maximum absolute atomic E-state index is 12.9. The third-order valence-electron chi connectivity index (χ3n) is 14.5. The zero-order chi connectivity index (χ0) is 57.8. The summed E-state index contributed by atoms with van der Waals surface area (Å²) in [6, 6.07) is 0. The number of rotatable bonds is 61. The molecule has 6 heteroatoms. The van der Waals surface area contributed by atoms with Gasteiger partial charge in [0, 0.05) is 19.3 Å². The summed E-state index contributed by atoms with van der Waals surface area (Å²) in [7, 11) is 0. The fourth-order valence-corrected chi connectivity index (χ4v) is 9.50. The minimum atomic E-state index is -0.783. The Balaban J connectivity index is 4.20. The number of ether oxygens (including phenoxy) is 3. The lowest BCUT2D eigenvalue weighted by molar-refractivity contribution is -0.167. The molecule has 0 spiro atoms. The van der Waals surface area contributed by atoms with Gasteiger partial charge in [0.15, 0.2) is 6.10 Å². The van der Waals surface area contributed by atoms with Gasteiger partial charge in [-0.3, -0.25) is 14.4 Å². The van der Waals surface area contributed by atoms with Crippen molar-refractivity contribution >= 4 is 17.9 Å². The highest BCUT2D eigenvalue weighted by Crippen LogP contribution is 2.17. The van der Waals surface area contributed by atoms with Crippen molar-refractivity contribution in [3.63, 3.8) is 0 Å². The summed E-state index contributed by atoms with van der Waals surface area (Å²) in [4.78, 5) is 38.2. The number of hydrogen-bond acceptors (Lipinski definition) is 6. The van der Waals surface area contributed by atoms with Crippen LogP contribution in [0, 0.1) is 0 Å². The number of carbonyl (C=O) groups is 3. The summed E-state index contributed by atoms with van der Waals surface area (Å²) in [5.41, 5.74) is 0. The van der Waals surface area contributed by atoms with Gasteiger partial charge in [0.25, 0.3) is 0 Å². The average molecular weight is 1110 g/mol. The standard InChI is InChI=1S/C74H126O6/c1-4-7-10-13-16-19-21-23-25-27-29-31-32-33-34-35-36-37-38-39-40-41-42-44-45-47-49-51-53-55-58-61-64-67-73(76)79-70-71(69-78-72(75)66-63-60-57-18-15-12-9-6-3)80-74(77)68-65-62-59-56-54-52-50-48-46-43-30-28-26-24-22-20-17-14-11-8-5-2/h7,10,16,19,23,25,29,31,33-34,36-37,39-40,42,44,47,49,71H,4-6,8-9,11-15,17-18,20-22,24,26-28,30,32,35,38,41,43,45-46,48,50-70H2,1-3H3/b10-7-,19-16-,25-23-,31-29-,34-33-,37-36-,40-39-,44-42-,49-47-. The summed E-state index contributed by atoms with van der Waals surface area (Å²) >= 11 is 0. The van der Waals surface area contributed by atoms with Gasteiger partial charge < -0.3 is 14.2 Å². The molecule has 0 aromatic heterocycles. The Labute approximate surface area is 495 Å². The van der Waals surface area contributed by atoms with E-state index < -0.39 is 6.10 Å². The molecule has 0 rings (SSSR count). The first kappa shape index (κ1) is 76.1. The Kier molecular flexibility index (Phi) is 64.3. The molecule has 0 saturated carbocycles. The van der Waals surface area contributed by atoms with E-state index in [1.54, 1.807) is 0 Å². The number of unbranched alkanes of at least 4 members (excludes halogenated alkanes) is 32. The van der Waals surface area contributed by atoms with Crippen molar-refractivity contribution in [3.8, 4) is 0 Å². The van der Waals surface area contributed by atoms with Crippen LogP contribution >= 0.6 is 0 Å². The van der Waals surface area contributed by atoms with Crippen LogP contribution in [-0.4, -0.2) is 37.2 Å². The van der Waals surface area contributed by atoms with Gasteiger partial charge in [-0.05, 0) is 89.9 Å². The summed E-state index contributed by atoms with van der Waals surface area (Å²) in [5, 5.41) is 0. The van der Waals surface area contributed by atoms with Crippen molar-refractivity contribution in [2.75, 3.05) is 13.2 Å². The maximum Gasteiger partial charge on any atom is 0.306 e. The summed E-state index contributed by atoms with van der Waals surface area (Å²) in [5.74, 6) is -0.893. The second-order valence-corrected chi connectivity index (χ2v) is 22.4. The minimum absolute atomic E-state index is 0.0808. The van der Waals surface area contributed by atoms with E-state index in [1.807, 2.05) is 0 Å². The molecule has 1 unspecified atom stereocenters. The van der Waals surface area contributed by atoms with E-state index in [0.29, 0.717) is 19.3 Å². The van der Waals surface area contributed by atoms with Crippen molar-refractivity contribution in [1.29, 1.82) is 0 Å². The third kappa shape index (κ3) is 64.9. The van der Waals surface area contributed by atoms with Crippen LogP contribution in [0.25, 0.3) is 0 Å². The van der Waals surface area contributed by atoms with Crippen LogP contribution in [0.3, 0.4) is 0 Å². The molecule has 0 aromatic rings. The molecular formula is C74H126O6. The van der Waals surface area contributed by atoms with Crippen molar-refractivity contribution in [2.24, 2.45) is 0 Å². The number of esters is 3. The summed E-state index contributed by atoms with van der Waals surface area (Å²) in [6.07, 6.45) is 92.7. The molecule has 0 aliphatic carbocycles. The molecule has 80 heavy (non-hydrogen) atoms. The van der Waals surface area contributed by atoms with Crippen molar-refractivity contribution in [2.45, 2.75) is 329 Å². The minimum Gasteiger partial charge on any atom is -0.462 e. The monoisotopic (exact) mass is 1110 g/mol. The molecule has 458 valence electrons. The van der Waals surface area contributed by atoms with Crippen LogP contribution in [-0.2, 0) is 28.6 Å². The van der Waals surface area contributed by atoms with Crippen molar-refractivity contribution < 1.29 is 28.6 Å². The molecule has 0 heterocycles. The largest absolute Gasteiger partial charge is 0.462 e. The van der Waals surface area contributed by atoms with E-state index in [4.69, 9.17) is 14.2 Å². The summed E-state index contributed by atoms with van der Waals surface area (Å²) < 4.78 is 16.9. The molecule has 0 N–H and O–H groups in total. The topological polar surface area (TPSA) is 78.9 Å². The summed E-state index contributed by atoms with van der Waals surface area (Å²) in [6.45, 7) is 6.51. The van der Waals surface area contributed by atoms with Gasteiger partial charge in [0.05, 0.1) is 0 Å². The van der Waals surface area contributed by atoms with Crippen LogP contribution in [0.4, 0.5) is 0 Å². The molecular weight excluding hydrogens is 985 g/mol. The van der Waals surface area contributed by atoms with Gasteiger partial charge in [-0.15, -0.1) is 0 Å². The van der Waals surface area contributed by atoms with E-state index in [9.17, 15) is 14.4 Å². The van der Waals surface area contributed by atoms with E-state index in [1.165, 1.54) is 148 Å². The van der Waals surface area contributed by atoms with E-state index >= 15 is 0 Å². The van der Waals surface area contributed by atoms with Crippen LogP contribution in [0.2, 0.25) is 0 Å². The van der Waals surface area contributed by atoms with Crippen LogP contribution in [0.15, 0.2) is 109 Å². The molecule has 0 bridgehead atoms. The van der Waals surface area contributed by atoms with Gasteiger partial charge in [-0.25, -0.2) is 0 Å². The molecule has 6 nitrogen and oxygen atoms in total. The molecule has 0 radical (unpaired) electrons. The van der Waals surface area contributed by atoms with Gasteiger partial charge in [-0.2, -0.15) is 0 Å². The van der Waals surface area contributed by atoms with Gasteiger partial charge in [0.2, 0.25) is 0 Å². The zero-order valence-corrected chi connectivity index (χ0v) is 52.6. The smallest absolute Gasteiger partial charge is 0.306 e. The fraction of sp³-hybridized carbons (Fsp3) is 0.716. The SMILES string of the molecule is CC/C=C\C/C=C\C/C=C\C/C=C\C/C=C\C/C=C\C/C=C\C/C=C\C/C=C\CCCCCCCC(=O)OCC(COC(=O)CCCCCCCCCC)OC(=O)CCCCCCCCCCCCCCCCCCCCCCC. The average Bonchev–Trinajstić information content (AvgIpc) is 3.46. The number of carbonyl (C=O) groups excluding carboxylic acids is 3.